The number of rotatable bonds is 5. The molecule has 2 aliphatic rings. The van der Waals surface area contributed by atoms with Gasteiger partial charge in [-0.2, -0.15) is 0 Å². The maximum atomic E-state index is 11.8. The number of furan rings is 1. The third-order valence-electron chi connectivity index (χ3n) is 5.99. The van der Waals surface area contributed by atoms with Crippen LogP contribution in [0.4, 0.5) is 10.6 Å². The molecule has 3 aromatic rings. The summed E-state index contributed by atoms with van der Waals surface area (Å²) in [4.78, 5) is 52.7. The van der Waals surface area contributed by atoms with Gasteiger partial charge in [0.1, 0.15) is 22.8 Å². The van der Waals surface area contributed by atoms with E-state index in [2.05, 4.69) is 10.3 Å². The Morgan fingerprint density at radius 1 is 1.22 bits per heavy atom. The van der Waals surface area contributed by atoms with Gasteiger partial charge >= 0.3 is 6.03 Å². The van der Waals surface area contributed by atoms with Crippen LogP contribution < -0.4 is 20.3 Å². The highest BCUT2D eigenvalue weighted by Gasteiger charge is 2.25. The predicted octanol–water partition coefficient (Wildman–Crippen LogP) is 2.75. The molecule has 0 spiro atoms. The molecule has 1 saturated heterocycles. The number of fused-ring (bicyclic) bond motifs is 2. The van der Waals surface area contributed by atoms with Crippen molar-refractivity contribution in [2.45, 2.75) is 32.4 Å². The second kappa shape index (κ2) is 10.5. The van der Waals surface area contributed by atoms with Crippen LogP contribution in [0.5, 0.6) is 5.75 Å². The molecule has 5 rings (SSSR count). The second-order valence-electron chi connectivity index (χ2n) is 8.49. The van der Waals surface area contributed by atoms with Gasteiger partial charge in [-0.3, -0.25) is 24.6 Å². The number of nitrogens with zero attached hydrogens (tertiary/aromatic N) is 3. The SMILES string of the molecule is CC(NC(=O)NC=O)c1cc2nc(N3CCCC3=O)ccc2o1.COc1ccc2c(c1)C(=O)N(C)C2. The summed E-state index contributed by atoms with van der Waals surface area (Å²) >= 11 is 0. The van der Waals surface area contributed by atoms with Crippen LogP contribution in [0.25, 0.3) is 11.1 Å². The van der Waals surface area contributed by atoms with E-state index in [1.807, 2.05) is 17.4 Å². The summed E-state index contributed by atoms with van der Waals surface area (Å²) in [6, 6.07) is 9.79. The minimum absolute atomic E-state index is 0.0705. The molecular formula is C25H27N5O6. The summed E-state index contributed by atoms with van der Waals surface area (Å²) in [5, 5.41) is 4.57. The van der Waals surface area contributed by atoms with E-state index >= 15 is 0 Å². The summed E-state index contributed by atoms with van der Waals surface area (Å²) in [5.41, 5.74) is 3.02. The van der Waals surface area contributed by atoms with E-state index in [-0.39, 0.29) is 11.8 Å². The predicted molar refractivity (Wildman–Crippen MR) is 131 cm³/mol. The van der Waals surface area contributed by atoms with E-state index in [0.29, 0.717) is 48.6 Å². The molecule has 0 aliphatic carbocycles. The quantitative estimate of drug-likeness (QED) is 0.522. The van der Waals surface area contributed by atoms with Gasteiger partial charge in [-0.25, -0.2) is 9.78 Å². The fourth-order valence-electron chi connectivity index (χ4n) is 4.10. The number of carbonyl (C=O) groups excluding carboxylic acids is 4. The zero-order chi connectivity index (χ0) is 25.8. The Balaban J connectivity index is 0.000000197. The Morgan fingerprint density at radius 3 is 2.72 bits per heavy atom. The van der Waals surface area contributed by atoms with Crippen molar-refractivity contribution in [1.29, 1.82) is 0 Å². The van der Waals surface area contributed by atoms with Crippen LogP contribution in [0.3, 0.4) is 0 Å². The van der Waals surface area contributed by atoms with Gasteiger partial charge in [0.15, 0.2) is 5.58 Å². The Kier molecular flexibility index (Phi) is 7.18. The average molecular weight is 494 g/mol. The van der Waals surface area contributed by atoms with Crippen molar-refractivity contribution in [2.24, 2.45) is 0 Å². The first-order valence-corrected chi connectivity index (χ1v) is 11.4. The number of carbonyl (C=O) groups is 4. The van der Waals surface area contributed by atoms with E-state index in [1.165, 1.54) is 0 Å². The van der Waals surface area contributed by atoms with Gasteiger partial charge in [0.2, 0.25) is 12.3 Å². The van der Waals surface area contributed by atoms with E-state index in [1.54, 1.807) is 55.1 Å². The van der Waals surface area contributed by atoms with Crippen LogP contribution in [0.15, 0.2) is 40.8 Å². The summed E-state index contributed by atoms with van der Waals surface area (Å²) in [6.45, 7) is 3.11. The molecule has 2 aliphatic heterocycles. The lowest BCUT2D eigenvalue weighted by molar-refractivity contribution is -0.117. The number of anilines is 1. The van der Waals surface area contributed by atoms with Gasteiger partial charge in [0.25, 0.3) is 5.91 Å². The molecule has 1 unspecified atom stereocenters. The molecule has 36 heavy (non-hydrogen) atoms. The van der Waals surface area contributed by atoms with Gasteiger partial charge in [-0.05, 0) is 43.2 Å². The molecule has 11 heteroatoms. The van der Waals surface area contributed by atoms with Crippen molar-refractivity contribution in [3.05, 3.63) is 53.3 Å². The second-order valence-corrected chi connectivity index (χ2v) is 8.49. The van der Waals surface area contributed by atoms with Gasteiger partial charge in [0, 0.05) is 38.2 Å². The van der Waals surface area contributed by atoms with Crippen molar-refractivity contribution in [3.8, 4) is 5.75 Å². The van der Waals surface area contributed by atoms with Crippen molar-refractivity contribution < 1.29 is 28.3 Å². The number of ether oxygens (including phenoxy) is 1. The lowest BCUT2D eigenvalue weighted by Crippen LogP contribution is -2.35. The largest absolute Gasteiger partial charge is 0.497 e. The first-order valence-electron chi connectivity index (χ1n) is 11.4. The maximum absolute atomic E-state index is 11.8. The van der Waals surface area contributed by atoms with Crippen molar-refractivity contribution in [1.82, 2.24) is 20.5 Å². The number of urea groups is 1. The first kappa shape index (κ1) is 24.7. The molecule has 11 nitrogen and oxygen atoms in total. The van der Waals surface area contributed by atoms with Crippen LogP contribution in [-0.4, -0.2) is 54.8 Å². The van der Waals surface area contributed by atoms with Gasteiger partial charge in [-0.15, -0.1) is 0 Å². The molecule has 2 aromatic heterocycles. The summed E-state index contributed by atoms with van der Waals surface area (Å²) < 4.78 is 10.7. The van der Waals surface area contributed by atoms with Crippen molar-refractivity contribution in [3.63, 3.8) is 0 Å². The molecule has 4 heterocycles. The Hall–Kier alpha value is -4.41. The molecule has 2 N–H and O–H groups in total. The van der Waals surface area contributed by atoms with Crippen molar-refractivity contribution >= 4 is 41.2 Å². The lowest BCUT2D eigenvalue weighted by atomic mass is 10.1. The highest BCUT2D eigenvalue weighted by molar-refractivity contribution is 5.98. The standard InChI is InChI=1S/C15H16N4O4.C10H11NO2/c1-9(17-15(22)16-8-20)12-7-10-11(23-12)4-5-13(18-10)19-6-2-3-14(19)21;1-11-6-7-3-4-8(13-2)5-9(7)10(11)12/h4-5,7-9H,2-3,6H2,1H3,(H2,16,17,20,22);3-5H,6H2,1-2H3. The van der Waals surface area contributed by atoms with E-state index in [4.69, 9.17) is 9.15 Å². The lowest BCUT2D eigenvalue weighted by Gasteiger charge is -2.13. The smallest absolute Gasteiger partial charge is 0.321 e. The number of hydrogen-bond donors (Lipinski definition) is 2. The van der Waals surface area contributed by atoms with Crippen LogP contribution in [0.2, 0.25) is 0 Å². The third kappa shape index (κ3) is 5.14. The summed E-state index contributed by atoms with van der Waals surface area (Å²) in [6.07, 6.45) is 1.69. The topological polar surface area (TPSA) is 134 Å². The third-order valence-corrected chi connectivity index (χ3v) is 5.99. The van der Waals surface area contributed by atoms with Gasteiger partial charge in [0.05, 0.1) is 13.2 Å². The number of imide groups is 1. The van der Waals surface area contributed by atoms with Gasteiger partial charge < -0.3 is 19.4 Å². The zero-order valence-electron chi connectivity index (χ0n) is 20.2. The number of amides is 5. The number of hydrogen-bond acceptors (Lipinski definition) is 7. The van der Waals surface area contributed by atoms with E-state index in [9.17, 15) is 19.2 Å². The van der Waals surface area contributed by atoms with Crippen LogP contribution in [-0.2, 0) is 16.1 Å². The monoisotopic (exact) mass is 493 g/mol. The Bertz CT molecular complexity index is 1320. The summed E-state index contributed by atoms with van der Waals surface area (Å²) in [5.74, 6) is 2.00. The number of aromatic nitrogens is 1. The number of pyridine rings is 1. The minimum Gasteiger partial charge on any atom is -0.497 e. The average Bonchev–Trinajstić information content (AvgIpc) is 3.56. The molecule has 1 fully saturated rings. The molecular weight excluding hydrogens is 466 g/mol. The Labute approximate surface area is 207 Å². The molecule has 1 atom stereocenters. The van der Waals surface area contributed by atoms with E-state index in [0.717, 1.165) is 23.3 Å². The fraction of sp³-hybridized carbons (Fsp3) is 0.320. The molecule has 188 valence electrons. The van der Waals surface area contributed by atoms with E-state index < -0.39 is 12.1 Å². The number of benzene rings is 1. The molecule has 5 amide bonds. The molecule has 1 aromatic carbocycles. The van der Waals surface area contributed by atoms with Crippen LogP contribution >= 0.6 is 0 Å². The summed E-state index contributed by atoms with van der Waals surface area (Å²) in [7, 11) is 3.40. The first-order chi connectivity index (χ1) is 17.3. The Morgan fingerprint density at radius 2 is 2.03 bits per heavy atom. The molecule has 0 bridgehead atoms. The highest BCUT2D eigenvalue weighted by Crippen LogP contribution is 2.27. The highest BCUT2D eigenvalue weighted by atomic mass is 16.5. The number of methoxy groups -OCH3 is 1. The maximum Gasteiger partial charge on any atom is 0.321 e. The molecule has 0 radical (unpaired) electrons. The number of nitrogens with one attached hydrogen (secondary N) is 2. The fourth-order valence-corrected chi connectivity index (χ4v) is 4.10. The van der Waals surface area contributed by atoms with Gasteiger partial charge in [-0.1, -0.05) is 6.07 Å². The minimum atomic E-state index is -0.607. The molecule has 0 saturated carbocycles. The van der Waals surface area contributed by atoms with Crippen LogP contribution in [0.1, 0.15) is 47.5 Å². The normalized spacial score (nSPS) is 15.3. The van der Waals surface area contributed by atoms with Crippen LogP contribution in [0, 0.1) is 0 Å². The van der Waals surface area contributed by atoms with Crippen molar-refractivity contribution in [2.75, 3.05) is 25.6 Å². The zero-order valence-corrected chi connectivity index (χ0v) is 20.2.